The molecule has 0 saturated heterocycles. The summed E-state index contributed by atoms with van der Waals surface area (Å²) in [7, 11) is 3.94. The number of allylic oxidation sites excluding steroid dienone is 1. The van der Waals surface area contributed by atoms with Crippen molar-refractivity contribution < 1.29 is 9.53 Å². The fourth-order valence-electron chi connectivity index (χ4n) is 4.68. The van der Waals surface area contributed by atoms with Gasteiger partial charge in [-0.3, -0.25) is 9.36 Å². The number of anilines is 1. The van der Waals surface area contributed by atoms with Crippen molar-refractivity contribution in [2.24, 2.45) is 4.99 Å². The van der Waals surface area contributed by atoms with E-state index in [2.05, 4.69) is 9.98 Å². The number of para-hydroxylation sites is 1. The smallest absolute Gasteiger partial charge is 0.338 e. The van der Waals surface area contributed by atoms with Gasteiger partial charge in [0.05, 0.1) is 28.5 Å². The van der Waals surface area contributed by atoms with E-state index in [0.717, 1.165) is 33.4 Å². The standard InChI is InChI=1S/C28H28N4O3S/c1-6-35-27(34)24-17(3)30-28-32(25(24)18-11-13-19(14-12-18)31(4)5)26(33)23(36-28)15-21-16(2)29-22-10-8-7-9-20(21)22/h7-15,25,29H,6H2,1-5H3/b23-15-/t25-/m1/s1. The average molecular weight is 501 g/mol. The molecule has 184 valence electrons. The van der Waals surface area contributed by atoms with Gasteiger partial charge in [0, 0.05) is 41.9 Å². The predicted molar refractivity (Wildman–Crippen MR) is 144 cm³/mol. The van der Waals surface area contributed by atoms with Crippen LogP contribution in [0.25, 0.3) is 17.0 Å². The van der Waals surface area contributed by atoms with E-state index in [9.17, 15) is 9.59 Å². The molecule has 0 unspecified atom stereocenters. The van der Waals surface area contributed by atoms with Gasteiger partial charge in [-0.25, -0.2) is 9.79 Å². The molecule has 0 radical (unpaired) electrons. The molecule has 3 heterocycles. The largest absolute Gasteiger partial charge is 0.463 e. The van der Waals surface area contributed by atoms with Crippen molar-refractivity contribution in [2.45, 2.75) is 26.8 Å². The number of ether oxygens (including phenoxy) is 1. The zero-order valence-electron chi connectivity index (χ0n) is 21.0. The molecule has 0 fully saturated rings. The van der Waals surface area contributed by atoms with Gasteiger partial charge in [0.15, 0.2) is 4.80 Å². The minimum absolute atomic E-state index is 0.181. The van der Waals surface area contributed by atoms with Crippen molar-refractivity contribution in [3.05, 3.63) is 96.3 Å². The first-order valence-electron chi connectivity index (χ1n) is 11.8. The number of rotatable bonds is 5. The average Bonchev–Trinajstić information content (AvgIpc) is 3.34. The molecule has 0 bridgehead atoms. The Bertz CT molecular complexity index is 1690. The van der Waals surface area contributed by atoms with Crippen LogP contribution < -0.4 is 19.8 Å². The highest BCUT2D eigenvalue weighted by molar-refractivity contribution is 7.07. The van der Waals surface area contributed by atoms with Crippen LogP contribution in [0, 0.1) is 6.92 Å². The number of hydrogen-bond acceptors (Lipinski definition) is 6. The first-order chi connectivity index (χ1) is 17.3. The molecule has 0 spiro atoms. The Balaban J connectivity index is 1.74. The molecule has 2 aromatic heterocycles. The van der Waals surface area contributed by atoms with Crippen molar-refractivity contribution in [1.29, 1.82) is 0 Å². The zero-order chi connectivity index (χ0) is 25.6. The minimum Gasteiger partial charge on any atom is -0.463 e. The van der Waals surface area contributed by atoms with Crippen molar-refractivity contribution in [3.63, 3.8) is 0 Å². The van der Waals surface area contributed by atoms with Crippen LogP contribution in [-0.2, 0) is 9.53 Å². The first kappa shape index (κ1) is 23.8. The Labute approximate surface area is 212 Å². The summed E-state index contributed by atoms with van der Waals surface area (Å²) in [6.45, 7) is 5.81. The van der Waals surface area contributed by atoms with Gasteiger partial charge in [-0.2, -0.15) is 0 Å². The van der Waals surface area contributed by atoms with E-state index in [4.69, 9.17) is 4.74 Å². The van der Waals surface area contributed by atoms with E-state index < -0.39 is 12.0 Å². The molecule has 2 aromatic carbocycles. The van der Waals surface area contributed by atoms with Crippen molar-refractivity contribution in [1.82, 2.24) is 9.55 Å². The number of H-pyrrole nitrogens is 1. The summed E-state index contributed by atoms with van der Waals surface area (Å²) in [5.41, 5.74) is 5.61. The molecule has 36 heavy (non-hydrogen) atoms. The van der Waals surface area contributed by atoms with Crippen molar-refractivity contribution >= 4 is 40.0 Å². The van der Waals surface area contributed by atoms with Crippen molar-refractivity contribution in [2.75, 3.05) is 25.6 Å². The molecule has 8 heteroatoms. The van der Waals surface area contributed by atoms with Crippen LogP contribution in [0.5, 0.6) is 0 Å². The second kappa shape index (κ2) is 9.28. The lowest BCUT2D eigenvalue weighted by Crippen LogP contribution is -2.40. The quantitative estimate of drug-likeness (QED) is 0.424. The summed E-state index contributed by atoms with van der Waals surface area (Å²) < 4.78 is 7.58. The van der Waals surface area contributed by atoms with Gasteiger partial charge in [0.2, 0.25) is 0 Å². The second-order valence-electron chi connectivity index (χ2n) is 9.00. The molecule has 0 amide bonds. The minimum atomic E-state index is -0.622. The molecule has 1 aliphatic heterocycles. The molecular formula is C28H28N4O3S. The summed E-state index contributed by atoms with van der Waals surface area (Å²) in [6, 6.07) is 15.3. The number of nitrogens with zero attached hydrogens (tertiary/aromatic N) is 3. The van der Waals surface area contributed by atoms with E-state index in [1.807, 2.05) is 80.5 Å². The van der Waals surface area contributed by atoms with Crippen LogP contribution in [0.3, 0.4) is 0 Å². The number of hydrogen-bond donors (Lipinski definition) is 1. The third-order valence-corrected chi connectivity index (χ3v) is 7.44. The number of carbonyl (C=O) groups excluding carboxylic acids is 1. The molecule has 1 atom stereocenters. The molecule has 1 N–H and O–H groups in total. The molecule has 1 aliphatic rings. The summed E-state index contributed by atoms with van der Waals surface area (Å²) in [4.78, 5) is 37.6. The van der Waals surface area contributed by atoms with E-state index in [1.165, 1.54) is 11.3 Å². The maximum absolute atomic E-state index is 13.9. The summed E-state index contributed by atoms with van der Waals surface area (Å²) in [5.74, 6) is -0.456. The van der Waals surface area contributed by atoms with Gasteiger partial charge in [-0.15, -0.1) is 0 Å². The maximum Gasteiger partial charge on any atom is 0.338 e. The number of fused-ring (bicyclic) bond motifs is 2. The van der Waals surface area contributed by atoms with Crippen LogP contribution in [0.4, 0.5) is 5.69 Å². The van der Waals surface area contributed by atoms with Crippen LogP contribution in [0.15, 0.2) is 69.6 Å². The summed E-state index contributed by atoms with van der Waals surface area (Å²) in [5, 5.41) is 1.06. The first-order valence-corrected chi connectivity index (χ1v) is 12.7. The highest BCUT2D eigenvalue weighted by Gasteiger charge is 2.33. The Morgan fingerprint density at radius 3 is 2.58 bits per heavy atom. The Morgan fingerprint density at radius 1 is 1.17 bits per heavy atom. The predicted octanol–water partition coefficient (Wildman–Crippen LogP) is 3.65. The number of aromatic nitrogens is 2. The highest BCUT2D eigenvalue weighted by Crippen LogP contribution is 2.31. The van der Waals surface area contributed by atoms with E-state index in [1.54, 1.807) is 18.4 Å². The number of carbonyl (C=O) groups is 1. The number of aryl methyl sites for hydroxylation is 1. The monoisotopic (exact) mass is 500 g/mol. The van der Waals surface area contributed by atoms with Gasteiger partial charge >= 0.3 is 5.97 Å². The molecule has 0 saturated carbocycles. The van der Waals surface area contributed by atoms with E-state index in [0.29, 0.717) is 20.6 Å². The third kappa shape index (κ3) is 3.97. The van der Waals surface area contributed by atoms with Gasteiger partial charge in [0.25, 0.3) is 5.56 Å². The topological polar surface area (TPSA) is 79.7 Å². The number of benzene rings is 2. The number of esters is 1. The fourth-order valence-corrected chi connectivity index (χ4v) is 5.71. The highest BCUT2D eigenvalue weighted by atomic mass is 32.1. The Morgan fingerprint density at radius 2 is 1.89 bits per heavy atom. The SMILES string of the molecule is CCOC(=O)C1=C(C)N=c2s/c(=C\c3c(C)[nH]c4ccccc34)c(=O)n2[C@@H]1c1ccc(N(C)C)cc1. The van der Waals surface area contributed by atoms with Crippen LogP contribution in [0.2, 0.25) is 0 Å². The van der Waals surface area contributed by atoms with Gasteiger partial charge in [0.1, 0.15) is 0 Å². The van der Waals surface area contributed by atoms with Crippen LogP contribution in [-0.4, -0.2) is 36.2 Å². The van der Waals surface area contributed by atoms with Gasteiger partial charge in [-0.1, -0.05) is 41.7 Å². The summed E-state index contributed by atoms with van der Waals surface area (Å²) >= 11 is 1.33. The molecule has 5 rings (SSSR count). The Hall–Kier alpha value is -3.91. The van der Waals surface area contributed by atoms with Gasteiger partial charge in [-0.05, 0) is 50.6 Å². The Kier molecular flexibility index (Phi) is 6.14. The van der Waals surface area contributed by atoms with Crippen LogP contribution >= 0.6 is 11.3 Å². The fraction of sp³-hybridized carbons (Fsp3) is 0.250. The zero-order valence-corrected chi connectivity index (χ0v) is 21.8. The third-order valence-electron chi connectivity index (χ3n) is 6.46. The maximum atomic E-state index is 13.9. The normalized spacial score (nSPS) is 15.7. The number of thiazole rings is 1. The molecular weight excluding hydrogens is 472 g/mol. The second-order valence-corrected chi connectivity index (χ2v) is 10.0. The number of aromatic amines is 1. The van der Waals surface area contributed by atoms with Crippen molar-refractivity contribution in [3.8, 4) is 0 Å². The molecule has 7 nitrogen and oxygen atoms in total. The van der Waals surface area contributed by atoms with E-state index >= 15 is 0 Å². The molecule has 4 aromatic rings. The van der Waals surface area contributed by atoms with Gasteiger partial charge < -0.3 is 14.6 Å². The molecule has 0 aliphatic carbocycles. The summed E-state index contributed by atoms with van der Waals surface area (Å²) in [6.07, 6.45) is 1.92. The number of nitrogens with one attached hydrogen (secondary N) is 1. The van der Waals surface area contributed by atoms with Crippen LogP contribution in [0.1, 0.15) is 36.7 Å². The lowest BCUT2D eigenvalue weighted by molar-refractivity contribution is -0.139. The lowest BCUT2D eigenvalue weighted by atomic mass is 9.95. The lowest BCUT2D eigenvalue weighted by Gasteiger charge is -2.25. The van der Waals surface area contributed by atoms with E-state index in [-0.39, 0.29) is 12.2 Å².